The molecule has 0 spiro atoms. The van der Waals surface area contributed by atoms with E-state index in [0.717, 1.165) is 11.4 Å². The quantitative estimate of drug-likeness (QED) is 0.0524. The van der Waals surface area contributed by atoms with E-state index >= 15 is 0 Å². The predicted octanol–water partition coefficient (Wildman–Crippen LogP) is 0.257. The van der Waals surface area contributed by atoms with Crippen molar-refractivity contribution in [1.29, 1.82) is 0 Å². The highest BCUT2D eigenvalue weighted by atomic mass is 16.2. The van der Waals surface area contributed by atoms with Crippen LogP contribution >= 0.6 is 0 Å². The van der Waals surface area contributed by atoms with E-state index in [0.29, 0.717) is 28.5 Å². The van der Waals surface area contributed by atoms with E-state index in [9.17, 15) is 14.4 Å². The lowest BCUT2D eigenvalue weighted by molar-refractivity contribution is -0.133. The molecule has 3 aromatic rings. The first kappa shape index (κ1) is 57.8. The van der Waals surface area contributed by atoms with Gasteiger partial charge in [-0.1, -0.05) is 36.4 Å². The number of rotatable bonds is 22. The van der Waals surface area contributed by atoms with Crippen molar-refractivity contribution in [2.45, 2.75) is 152 Å². The third-order valence-electron chi connectivity index (χ3n) is 10.3. The molecule has 3 amide bonds. The molecule has 3 heterocycles. The molecule has 0 unspecified atom stereocenters. The lowest BCUT2D eigenvalue weighted by atomic mass is 10.0. The summed E-state index contributed by atoms with van der Waals surface area (Å²) in [5, 5.41) is 29.5. The molecule has 0 atom stereocenters. The van der Waals surface area contributed by atoms with Crippen molar-refractivity contribution in [2.75, 3.05) is 32.7 Å². The molecule has 0 aliphatic carbocycles. The Morgan fingerprint density at radius 1 is 0.574 bits per heavy atom. The van der Waals surface area contributed by atoms with Crippen molar-refractivity contribution in [3.8, 4) is 0 Å². The molecule has 0 radical (unpaired) electrons. The summed E-state index contributed by atoms with van der Waals surface area (Å²) in [6.07, 6.45) is 10.4. The third-order valence-corrected chi connectivity index (χ3v) is 10.3. The molecule has 0 aliphatic heterocycles. The van der Waals surface area contributed by atoms with E-state index in [1.54, 1.807) is 40.4 Å². The highest BCUT2D eigenvalue weighted by molar-refractivity contribution is 5.79. The van der Waals surface area contributed by atoms with Crippen molar-refractivity contribution in [3.05, 3.63) is 71.4 Å². The van der Waals surface area contributed by atoms with Gasteiger partial charge < -0.3 is 52.7 Å². The van der Waals surface area contributed by atoms with Gasteiger partial charge in [0.2, 0.25) is 17.7 Å². The van der Waals surface area contributed by atoms with E-state index in [1.165, 1.54) is 35.6 Å². The average molecular weight is 955 g/mol. The maximum absolute atomic E-state index is 13.9. The van der Waals surface area contributed by atoms with Gasteiger partial charge in [-0.25, -0.2) is 31.6 Å². The number of hydrazine groups is 3. The summed E-state index contributed by atoms with van der Waals surface area (Å²) in [6.45, 7) is 26.9. The zero-order valence-electron chi connectivity index (χ0n) is 43.0. The number of nitrogens with zero attached hydrogens (tertiary/aromatic N) is 15. The van der Waals surface area contributed by atoms with E-state index in [2.05, 4.69) is 30.9 Å². The van der Waals surface area contributed by atoms with Gasteiger partial charge in [0.05, 0.1) is 75.5 Å². The van der Waals surface area contributed by atoms with Gasteiger partial charge in [-0.15, -0.1) is 15.3 Å². The van der Waals surface area contributed by atoms with E-state index < -0.39 is 17.4 Å². The second-order valence-corrected chi connectivity index (χ2v) is 19.9. The van der Waals surface area contributed by atoms with Crippen LogP contribution in [0.25, 0.3) is 0 Å². The summed E-state index contributed by atoms with van der Waals surface area (Å²) in [4.78, 5) is 45.1. The zero-order valence-corrected chi connectivity index (χ0v) is 43.0. The number of nitrogens with two attached hydrogens (primary N) is 7. The van der Waals surface area contributed by atoms with Crippen LogP contribution in [0.3, 0.4) is 0 Å². The van der Waals surface area contributed by atoms with Crippen LogP contribution in [0.5, 0.6) is 0 Å². The predicted molar refractivity (Wildman–Crippen MR) is 261 cm³/mol. The fourth-order valence-electron chi connectivity index (χ4n) is 5.74. The number of carbonyl (C=O) groups is 3. The molecule has 25 nitrogen and oxygen atoms in total. The SMILES string of the molecule is CC.CCC(C)(C)N(N)/C=C(\N)CN(Cc1cn(C(C)(C)C)nn1)C(=O)Cn1cc(CN(C/C(N)=C/N(N)CC(=O)N(C/C(N)=C/N(N)C(C)(C)C)Cc2cn(C(C)(C)C)nn2)C(=O)CN)nn1. The van der Waals surface area contributed by atoms with Gasteiger partial charge in [-0.3, -0.25) is 14.4 Å². The molecule has 0 saturated carbocycles. The van der Waals surface area contributed by atoms with Crippen molar-refractivity contribution < 1.29 is 14.4 Å². The molecular formula is C43H82N22O3. The van der Waals surface area contributed by atoms with Crippen LogP contribution in [0, 0.1) is 0 Å². The molecule has 3 aromatic heterocycles. The molecule has 0 aliphatic rings. The Labute approximate surface area is 402 Å². The van der Waals surface area contributed by atoms with Crippen LogP contribution < -0.4 is 40.5 Å². The van der Waals surface area contributed by atoms with E-state index in [1.807, 2.05) is 96.9 Å². The number of hydrogen-bond acceptors (Lipinski definition) is 19. The van der Waals surface area contributed by atoms with Crippen molar-refractivity contribution in [1.82, 2.24) is 74.7 Å². The Hall–Kier alpha value is -6.31. The van der Waals surface area contributed by atoms with Gasteiger partial charge in [0.1, 0.15) is 30.2 Å². The van der Waals surface area contributed by atoms with E-state index in [-0.39, 0.29) is 87.1 Å². The zero-order chi connectivity index (χ0) is 51.9. The van der Waals surface area contributed by atoms with Gasteiger partial charge in [0, 0.05) is 46.8 Å². The molecule has 25 heteroatoms. The van der Waals surface area contributed by atoms with Crippen LogP contribution in [0.4, 0.5) is 0 Å². The molecule has 68 heavy (non-hydrogen) atoms. The second kappa shape index (κ2) is 24.6. The number of aromatic nitrogens is 9. The molecule has 382 valence electrons. The third kappa shape index (κ3) is 18.4. The summed E-state index contributed by atoms with van der Waals surface area (Å²) in [6, 6.07) is 0. The summed E-state index contributed by atoms with van der Waals surface area (Å²) in [5.74, 6) is 17.6. The van der Waals surface area contributed by atoms with Gasteiger partial charge in [0.15, 0.2) is 0 Å². The van der Waals surface area contributed by atoms with Gasteiger partial charge in [-0.2, -0.15) is 0 Å². The fourth-order valence-corrected chi connectivity index (χ4v) is 5.74. The first-order valence-electron chi connectivity index (χ1n) is 22.7. The van der Waals surface area contributed by atoms with Gasteiger partial charge in [0.25, 0.3) is 0 Å². The number of carbonyl (C=O) groups excluding carboxylic acids is 3. The van der Waals surface area contributed by atoms with Crippen LogP contribution in [-0.2, 0) is 51.6 Å². The van der Waals surface area contributed by atoms with Crippen LogP contribution in [0.1, 0.15) is 120 Å². The minimum Gasteiger partial charge on any atom is -0.399 e. The standard InChI is InChI=1S/C41H76N22O3.C2H6/c1-13-41(11,12)61(48)20-31(45)17-57(23-34-26-63(54-51-34)40(8,9)10)37(66)28-59-24-32(49-52-59)21-55(35(64)14-42)15-29(43)18-58(46)27-36(65)56(16-30(44)19-60(47)38(2,3)4)22-33-25-62(53-50-33)39(5,6)7;1-2/h18-20,24-26H,13-17,21-23,27-28,42-48H2,1-12H3;1-2H3/b29-18-,30-19-,31-20-;. The largest absolute Gasteiger partial charge is 0.399 e. The Kier molecular flexibility index (Phi) is 20.9. The highest BCUT2D eigenvalue weighted by Crippen LogP contribution is 2.18. The minimum atomic E-state index is -0.450. The minimum absolute atomic E-state index is 0.0110. The molecule has 0 fully saturated rings. The van der Waals surface area contributed by atoms with Crippen LogP contribution in [-0.4, -0.2) is 136 Å². The molecule has 0 saturated heterocycles. The Bertz CT molecular complexity index is 2170. The summed E-state index contributed by atoms with van der Waals surface area (Å²) < 4.78 is 4.78. The highest BCUT2D eigenvalue weighted by Gasteiger charge is 2.25. The summed E-state index contributed by atoms with van der Waals surface area (Å²) in [5.41, 5.74) is 25.8. The molecule has 3 rings (SSSR count). The molecule has 0 aromatic carbocycles. The number of hydrogen-bond donors (Lipinski definition) is 7. The monoisotopic (exact) mass is 955 g/mol. The summed E-state index contributed by atoms with van der Waals surface area (Å²) >= 11 is 0. The molecule has 0 bridgehead atoms. The fraction of sp³-hybridized carbons (Fsp3) is 0.651. The normalized spacial score (nSPS) is 12.9. The molecular weight excluding hydrogens is 873 g/mol. The maximum Gasteiger partial charge on any atom is 0.245 e. The molecule has 14 N–H and O–H groups in total. The average Bonchev–Trinajstić information content (AvgIpc) is 4.02. The van der Waals surface area contributed by atoms with Gasteiger partial charge in [-0.05, 0) is 82.6 Å². The maximum atomic E-state index is 13.9. The smallest absolute Gasteiger partial charge is 0.245 e. The second-order valence-electron chi connectivity index (χ2n) is 19.9. The van der Waals surface area contributed by atoms with Crippen LogP contribution in [0.2, 0.25) is 0 Å². The Balaban J connectivity index is 0.00000782. The lowest BCUT2D eigenvalue weighted by Gasteiger charge is -2.33. The topological polar surface area (TPSA) is 345 Å². The van der Waals surface area contributed by atoms with Crippen LogP contribution in [0.15, 0.2) is 54.3 Å². The lowest BCUT2D eigenvalue weighted by Crippen LogP contribution is -2.45. The Morgan fingerprint density at radius 2 is 0.971 bits per heavy atom. The Morgan fingerprint density at radius 3 is 1.38 bits per heavy atom. The first-order valence-corrected chi connectivity index (χ1v) is 22.7. The van der Waals surface area contributed by atoms with Crippen molar-refractivity contribution in [2.24, 2.45) is 40.5 Å². The van der Waals surface area contributed by atoms with Crippen molar-refractivity contribution >= 4 is 17.7 Å². The van der Waals surface area contributed by atoms with Gasteiger partial charge >= 0.3 is 0 Å². The van der Waals surface area contributed by atoms with E-state index in [4.69, 9.17) is 40.5 Å². The van der Waals surface area contributed by atoms with Crippen molar-refractivity contribution in [3.63, 3.8) is 0 Å². The first-order chi connectivity index (χ1) is 31.4. The number of amides is 3. The summed E-state index contributed by atoms with van der Waals surface area (Å²) in [7, 11) is 0.